The lowest BCUT2D eigenvalue weighted by molar-refractivity contribution is 0.0507. The lowest BCUT2D eigenvalue weighted by Crippen LogP contribution is -2.33. The molecule has 90 valence electrons. The third-order valence-corrected chi connectivity index (χ3v) is 3.57. The van der Waals surface area contributed by atoms with Crippen LogP contribution in [0.5, 0.6) is 0 Å². The zero-order valence-electron chi connectivity index (χ0n) is 9.97. The molecule has 1 N–H and O–H groups in total. The average Bonchev–Trinajstić information content (AvgIpc) is 2.72. The Morgan fingerprint density at radius 2 is 2.00 bits per heavy atom. The van der Waals surface area contributed by atoms with Crippen LogP contribution in [-0.4, -0.2) is 29.3 Å². The molecule has 1 aliphatic carbocycles. The van der Waals surface area contributed by atoms with Crippen molar-refractivity contribution in [3.05, 3.63) is 35.4 Å². The average molecular weight is 231 g/mol. The minimum absolute atomic E-state index is 0.0788. The summed E-state index contributed by atoms with van der Waals surface area (Å²) in [6, 6.07) is 8.47. The molecule has 3 atom stereocenters. The summed E-state index contributed by atoms with van der Waals surface area (Å²) in [6.07, 6.45) is 2.35. The van der Waals surface area contributed by atoms with Gasteiger partial charge >= 0.3 is 0 Å². The van der Waals surface area contributed by atoms with Gasteiger partial charge in [-0.05, 0) is 31.9 Å². The fourth-order valence-corrected chi connectivity index (χ4v) is 2.53. The quantitative estimate of drug-likeness (QED) is 0.803. The summed E-state index contributed by atoms with van der Waals surface area (Å²) in [6.45, 7) is 2.07. The van der Waals surface area contributed by atoms with Gasteiger partial charge < -0.3 is 9.84 Å². The Labute approximate surface area is 101 Å². The second-order valence-corrected chi connectivity index (χ2v) is 4.99. The number of fused-ring (bicyclic) bond motifs is 1. The molecule has 1 aliphatic heterocycles. The number of benzene rings is 1. The molecule has 3 nitrogen and oxygen atoms in total. The Kier molecular flexibility index (Phi) is 2.63. The van der Waals surface area contributed by atoms with Crippen molar-refractivity contribution in [3.8, 4) is 0 Å². The van der Waals surface area contributed by atoms with E-state index in [4.69, 9.17) is 4.74 Å². The SMILES string of the molecule is Cc1ccc(C2=NC3CCC(O)CC3O2)cc1. The van der Waals surface area contributed by atoms with Crippen LogP contribution < -0.4 is 0 Å². The largest absolute Gasteiger partial charge is 0.472 e. The number of aliphatic hydroxyl groups is 1. The molecule has 0 bridgehead atoms. The van der Waals surface area contributed by atoms with Gasteiger partial charge in [-0.3, -0.25) is 0 Å². The van der Waals surface area contributed by atoms with E-state index in [9.17, 15) is 5.11 Å². The monoisotopic (exact) mass is 231 g/mol. The zero-order valence-corrected chi connectivity index (χ0v) is 9.97. The van der Waals surface area contributed by atoms with Crippen LogP contribution in [0, 0.1) is 6.92 Å². The molecule has 1 fully saturated rings. The van der Waals surface area contributed by atoms with Crippen LogP contribution in [0.25, 0.3) is 0 Å². The van der Waals surface area contributed by atoms with Gasteiger partial charge in [0.2, 0.25) is 5.90 Å². The Balaban J connectivity index is 1.80. The number of aryl methyl sites for hydroxylation is 1. The molecule has 17 heavy (non-hydrogen) atoms. The summed E-state index contributed by atoms with van der Waals surface area (Å²) in [5, 5.41) is 9.62. The van der Waals surface area contributed by atoms with E-state index in [-0.39, 0.29) is 18.2 Å². The highest BCUT2D eigenvalue weighted by Gasteiger charge is 2.36. The Morgan fingerprint density at radius 1 is 1.24 bits per heavy atom. The van der Waals surface area contributed by atoms with Gasteiger partial charge in [0, 0.05) is 12.0 Å². The molecule has 3 heteroatoms. The summed E-state index contributed by atoms with van der Waals surface area (Å²) in [4.78, 5) is 4.63. The number of aliphatic imine (C=N–C) groups is 1. The molecule has 2 aliphatic rings. The molecule has 0 saturated heterocycles. The number of hydrogen-bond donors (Lipinski definition) is 1. The van der Waals surface area contributed by atoms with Gasteiger partial charge in [0.15, 0.2) is 0 Å². The zero-order chi connectivity index (χ0) is 11.8. The van der Waals surface area contributed by atoms with Crippen molar-refractivity contribution in [1.82, 2.24) is 0 Å². The van der Waals surface area contributed by atoms with Crippen molar-refractivity contribution < 1.29 is 9.84 Å². The summed E-state index contributed by atoms with van der Waals surface area (Å²) >= 11 is 0. The lowest BCUT2D eigenvalue weighted by Gasteiger charge is -2.26. The standard InChI is InChI=1S/C14H17NO2/c1-9-2-4-10(5-3-9)14-15-12-7-6-11(16)8-13(12)17-14/h2-5,11-13,16H,6-8H2,1H3. The number of ether oxygens (including phenoxy) is 1. The van der Waals surface area contributed by atoms with Crippen LogP contribution >= 0.6 is 0 Å². The fraction of sp³-hybridized carbons (Fsp3) is 0.500. The number of aliphatic hydroxyl groups excluding tert-OH is 1. The summed E-state index contributed by atoms with van der Waals surface area (Å²) < 4.78 is 5.85. The van der Waals surface area contributed by atoms with Crippen LogP contribution in [0.4, 0.5) is 0 Å². The molecular formula is C14H17NO2. The first-order chi connectivity index (χ1) is 8.22. The van der Waals surface area contributed by atoms with E-state index in [1.54, 1.807) is 0 Å². The minimum Gasteiger partial charge on any atom is -0.472 e. The Hall–Kier alpha value is -1.35. The minimum atomic E-state index is -0.219. The Morgan fingerprint density at radius 3 is 2.76 bits per heavy atom. The summed E-state index contributed by atoms with van der Waals surface area (Å²) in [7, 11) is 0. The van der Waals surface area contributed by atoms with Gasteiger partial charge in [0.25, 0.3) is 0 Å². The van der Waals surface area contributed by atoms with Gasteiger partial charge in [-0.25, -0.2) is 4.99 Å². The third kappa shape index (κ3) is 2.07. The van der Waals surface area contributed by atoms with E-state index in [1.807, 2.05) is 12.1 Å². The molecular weight excluding hydrogens is 214 g/mol. The highest BCUT2D eigenvalue weighted by molar-refractivity contribution is 5.95. The van der Waals surface area contributed by atoms with E-state index < -0.39 is 0 Å². The number of hydrogen-bond acceptors (Lipinski definition) is 3. The highest BCUT2D eigenvalue weighted by atomic mass is 16.5. The van der Waals surface area contributed by atoms with Gasteiger partial charge in [-0.2, -0.15) is 0 Å². The normalized spacial score (nSPS) is 31.6. The lowest BCUT2D eigenvalue weighted by atomic mass is 9.91. The first-order valence-electron chi connectivity index (χ1n) is 6.22. The van der Waals surface area contributed by atoms with Crippen molar-refractivity contribution in [2.45, 2.75) is 44.4 Å². The topological polar surface area (TPSA) is 41.8 Å². The van der Waals surface area contributed by atoms with Gasteiger partial charge in [-0.15, -0.1) is 0 Å². The van der Waals surface area contributed by atoms with Crippen LogP contribution in [0.2, 0.25) is 0 Å². The van der Waals surface area contributed by atoms with Crippen molar-refractivity contribution in [2.75, 3.05) is 0 Å². The second-order valence-electron chi connectivity index (χ2n) is 4.99. The van der Waals surface area contributed by atoms with Gasteiger partial charge in [0.1, 0.15) is 6.10 Å². The molecule has 1 aromatic rings. The molecule has 0 amide bonds. The fourth-order valence-electron chi connectivity index (χ4n) is 2.53. The highest BCUT2D eigenvalue weighted by Crippen LogP contribution is 2.30. The van der Waals surface area contributed by atoms with Crippen molar-refractivity contribution >= 4 is 5.90 Å². The molecule has 0 radical (unpaired) electrons. The first-order valence-corrected chi connectivity index (χ1v) is 6.22. The van der Waals surface area contributed by atoms with Gasteiger partial charge in [0.05, 0.1) is 12.1 Å². The van der Waals surface area contributed by atoms with Crippen LogP contribution in [0.15, 0.2) is 29.3 Å². The van der Waals surface area contributed by atoms with E-state index in [0.717, 1.165) is 24.3 Å². The maximum absolute atomic E-state index is 9.62. The molecule has 1 aromatic carbocycles. The number of rotatable bonds is 1. The molecule has 1 heterocycles. The summed E-state index contributed by atoms with van der Waals surface area (Å²) in [5.74, 6) is 0.745. The predicted molar refractivity (Wildman–Crippen MR) is 66.2 cm³/mol. The smallest absolute Gasteiger partial charge is 0.216 e. The van der Waals surface area contributed by atoms with Crippen LogP contribution in [0.3, 0.4) is 0 Å². The molecule has 3 rings (SSSR count). The van der Waals surface area contributed by atoms with Crippen molar-refractivity contribution in [2.24, 2.45) is 4.99 Å². The maximum Gasteiger partial charge on any atom is 0.216 e. The van der Waals surface area contributed by atoms with E-state index >= 15 is 0 Å². The predicted octanol–water partition coefficient (Wildman–Crippen LogP) is 2.05. The van der Waals surface area contributed by atoms with Gasteiger partial charge in [-0.1, -0.05) is 17.7 Å². The van der Waals surface area contributed by atoms with E-state index in [2.05, 4.69) is 24.0 Å². The first kappa shape index (κ1) is 10.8. The van der Waals surface area contributed by atoms with Crippen molar-refractivity contribution in [1.29, 1.82) is 0 Å². The molecule has 0 aromatic heterocycles. The number of nitrogens with zero attached hydrogens (tertiary/aromatic N) is 1. The van der Waals surface area contributed by atoms with Crippen LogP contribution in [-0.2, 0) is 4.74 Å². The van der Waals surface area contributed by atoms with Crippen LogP contribution in [0.1, 0.15) is 30.4 Å². The molecule has 0 spiro atoms. The van der Waals surface area contributed by atoms with E-state index in [0.29, 0.717) is 6.42 Å². The van der Waals surface area contributed by atoms with E-state index in [1.165, 1.54) is 5.56 Å². The summed E-state index contributed by atoms with van der Waals surface area (Å²) in [5.41, 5.74) is 2.28. The van der Waals surface area contributed by atoms with Crippen molar-refractivity contribution in [3.63, 3.8) is 0 Å². The maximum atomic E-state index is 9.62. The second kappa shape index (κ2) is 4.15. The Bertz CT molecular complexity index is 438. The third-order valence-electron chi connectivity index (χ3n) is 3.57. The molecule has 1 saturated carbocycles. The molecule has 3 unspecified atom stereocenters.